The van der Waals surface area contributed by atoms with Gasteiger partial charge in [-0.3, -0.25) is 4.79 Å². The van der Waals surface area contributed by atoms with E-state index >= 15 is 0 Å². The van der Waals surface area contributed by atoms with Gasteiger partial charge in [0.15, 0.2) is 0 Å². The first-order chi connectivity index (χ1) is 8.25. The van der Waals surface area contributed by atoms with Crippen LogP contribution < -0.4 is 5.73 Å². The average Bonchev–Trinajstić information content (AvgIpc) is 2.83. The molecule has 0 saturated carbocycles. The molecule has 0 radical (unpaired) electrons. The minimum absolute atomic E-state index is 0.265. The normalized spacial score (nSPS) is 10.8. The van der Waals surface area contributed by atoms with Crippen molar-refractivity contribution in [1.29, 1.82) is 0 Å². The third kappa shape index (κ3) is 3.04. The summed E-state index contributed by atoms with van der Waals surface area (Å²) in [5.74, 6) is -0.325. The third-order valence-corrected chi connectivity index (χ3v) is 2.29. The first-order valence-corrected chi connectivity index (χ1v) is 5.30. The van der Waals surface area contributed by atoms with E-state index in [4.69, 9.17) is 5.73 Å². The zero-order chi connectivity index (χ0) is 12.1. The number of carbonyl (C=O) groups is 1. The zero-order valence-electron chi connectivity index (χ0n) is 9.28. The van der Waals surface area contributed by atoms with Gasteiger partial charge in [-0.25, -0.2) is 4.68 Å². The number of primary amides is 1. The van der Waals surface area contributed by atoms with Crippen molar-refractivity contribution in [2.75, 3.05) is 0 Å². The van der Waals surface area contributed by atoms with Crippen LogP contribution in [-0.4, -0.2) is 15.7 Å². The molecule has 0 fully saturated rings. The molecule has 0 aliphatic rings. The van der Waals surface area contributed by atoms with Crippen LogP contribution in [0.25, 0.3) is 11.8 Å². The summed E-state index contributed by atoms with van der Waals surface area (Å²) in [7, 11) is 0. The van der Waals surface area contributed by atoms with E-state index in [2.05, 4.69) is 5.10 Å². The molecule has 4 nitrogen and oxygen atoms in total. The minimum Gasteiger partial charge on any atom is -0.369 e. The van der Waals surface area contributed by atoms with Gasteiger partial charge in [-0.15, -0.1) is 0 Å². The van der Waals surface area contributed by atoms with Crippen molar-refractivity contribution in [3.63, 3.8) is 0 Å². The number of nitrogens with zero attached hydrogens (tertiary/aromatic N) is 2. The number of rotatable bonds is 4. The predicted molar refractivity (Wildman–Crippen MR) is 66.4 cm³/mol. The Bertz CT molecular complexity index is 512. The number of hydrogen-bond donors (Lipinski definition) is 1. The van der Waals surface area contributed by atoms with Crippen molar-refractivity contribution in [2.45, 2.75) is 6.42 Å². The second-order valence-corrected chi connectivity index (χ2v) is 3.61. The molecule has 0 atom stereocenters. The Morgan fingerprint density at radius 3 is 2.71 bits per heavy atom. The van der Waals surface area contributed by atoms with E-state index in [9.17, 15) is 4.79 Å². The van der Waals surface area contributed by atoms with Crippen molar-refractivity contribution in [3.05, 3.63) is 54.4 Å². The summed E-state index contributed by atoms with van der Waals surface area (Å²) in [5, 5.41) is 4.14. The van der Waals surface area contributed by atoms with Gasteiger partial charge >= 0.3 is 0 Å². The van der Waals surface area contributed by atoms with Gasteiger partial charge in [-0.2, -0.15) is 5.10 Å². The molecule has 0 bridgehead atoms. The Kier molecular flexibility index (Phi) is 3.35. The lowest BCUT2D eigenvalue weighted by Crippen LogP contribution is -2.07. The van der Waals surface area contributed by atoms with Crippen molar-refractivity contribution >= 4 is 12.0 Å². The molecule has 17 heavy (non-hydrogen) atoms. The summed E-state index contributed by atoms with van der Waals surface area (Å²) in [4.78, 5) is 10.6. The van der Waals surface area contributed by atoms with Crippen LogP contribution in [0, 0.1) is 0 Å². The van der Waals surface area contributed by atoms with E-state index in [-0.39, 0.29) is 12.3 Å². The van der Waals surface area contributed by atoms with Crippen LogP contribution in [0.2, 0.25) is 0 Å². The molecule has 0 saturated heterocycles. The van der Waals surface area contributed by atoms with Gasteiger partial charge in [-0.1, -0.05) is 24.3 Å². The largest absolute Gasteiger partial charge is 0.369 e. The molecule has 1 aromatic carbocycles. The number of carbonyl (C=O) groups excluding carboxylic acids is 1. The van der Waals surface area contributed by atoms with Crippen LogP contribution in [-0.2, 0) is 4.79 Å². The fraction of sp³-hybridized carbons (Fsp3) is 0.0769. The quantitative estimate of drug-likeness (QED) is 0.865. The van der Waals surface area contributed by atoms with Gasteiger partial charge < -0.3 is 5.73 Å². The summed E-state index contributed by atoms with van der Waals surface area (Å²) in [6.45, 7) is 0. The molecule has 1 heterocycles. The molecule has 4 heteroatoms. The van der Waals surface area contributed by atoms with Crippen molar-refractivity contribution in [1.82, 2.24) is 9.78 Å². The van der Waals surface area contributed by atoms with Gasteiger partial charge in [0.25, 0.3) is 0 Å². The van der Waals surface area contributed by atoms with E-state index in [0.717, 1.165) is 11.3 Å². The molecule has 86 valence electrons. The number of nitrogens with two attached hydrogens (primary N) is 1. The van der Waals surface area contributed by atoms with Gasteiger partial charge in [-0.05, 0) is 23.8 Å². The Hall–Kier alpha value is -2.36. The number of amides is 1. The summed E-state index contributed by atoms with van der Waals surface area (Å²) >= 11 is 0. The molecular weight excluding hydrogens is 214 g/mol. The fourth-order valence-corrected chi connectivity index (χ4v) is 1.47. The molecule has 1 aromatic heterocycles. The SMILES string of the molecule is NC(=O)CC=Cc1ccc(-n2cccn2)cc1. The van der Waals surface area contributed by atoms with Crippen LogP contribution in [0.3, 0.4) is 0 Å². The maximum absolute atomic E-state index is 10.6. The molecule has 2 rings (SSSR count). The van der Waals surface area contributed by atoms with Crippen LogP contribution in [0.4, 0.5) is 0 Å². The zero-order valence-corrected chi connectivity index (χ0v) is 9.28. The first kappa shape index (κ1) is 11.1. The molecule has 0 aliphatic heterocycles. The van der Waals surface area contributed by atoms with E-state index in [0.29, 0.717) is 0 Å². The summed E-state index contributed by atoms with van der Waals surface area (Å²) in [5.41, 5.74) is 7.07. The van der Waals surface area contributed by atoms with Gasteiger partial charge in [0.1, 0.15) is 0 Å². The molecule has 1 amide bonds. The second-order valence-electron chi connectivity index (χ2n) is 3.61. The number of hydrogen-bond acceptors (Lipinski definition) is 2. The Balaban J connectivity index is 2.08. The highest BCUT2D eigenvalue weighted by Crippen LogP contribution is 2.09. The van der Waals surface area contributed by atoms with Gasteiger partial charge in [0.05, 0.1) is 5.69 Å². The molecular formula is C13H13N3O. The maximum atomic E-state index is 10.6. The average molecular weight is 227 g/mol. The van der Waals surface area contributed by atoms with Crippen molar-refractivity contribution in [3.8, 4) is 5.69 Å². The molecule has 2 N–H and O–H groups in total. The first-order valence-electron chi connectivity index (χ1n) is 5.30. The topological polar surface area (TPSA) is 60.9 Å². The van der Waals surface area contributed by atoms with Crippen molar-refractivity contribution < 1.29 is 4.79 Å². The van der Waals surface area contributed by atoms with Crippen LogP contribution in [0.15, 0.2) is 48.8 Å². The Morgan fingerprint density at radius 1 is 1.35 bits per heavy atom. The van der Waals surface area contributed by atoms with Gasteiger partial charge in [0, 0.05) is 18.8 Å². The monoisotopic (exact) mass is 227 g/mol. The molecule has 2 aromatic rings. The molecule has 0 spiro atoms. The summed E-state index contributed by atoms with van der Waals surface area (Å²) in [6, 6.07) is 9.75. The van der Waals surface area contributed by atoms with Gasteiger partial charge in [0.2, 0.25) is 5.91 Å². The van der Waals surface area contributed by atoms with Crippen LogP contribution >= 0.6 is 0 Å². The lowest BCUT2D eigenvalue weighted by Gasteiger charge is -2.01. The molecule has 0 unspecified atom stereocenters. The third-order valence-electron chi connectivity index (χ3n) is 2.29. The van der Waals surface area contributed by atoms with E-state index in [1.807, 2.05) is 42.6 Å². The summed E-state index contributed by atoms with van der Waals surface area (Å²) in [6.07, 6.45) is 7.52. The fourth-order valence-electron chi connectivity index (χ4n) is 1.47. The smallest absolute Gasteiger partial charge is 0.221 e. The standard InChI is InChI=1S/C13H13N3O/c14-13(17)4-1-3-11-5-7-12(8-6-11)16-10-2-9-15-16/h1-3,5-10H,4H2,(H2,14,17). The van der Waals surface area contributed by atoms with E-state index < -0.39 is 0 Å². The maximum Gasteiger partial charge on any atom is 0.221 e. The van der Waals surface area contributed by atoms with Crippen molar-refractivity contribution in [2.24, 2.45) is 5.73 Å². The Morgan fingerprint density at radius 2 is 2.12 bits per heavy atom. The van der Waals surface area contributed by atoms with Crippen LogP contribution in [0.5, 0.6) is 0 Å². The number of benzene rings is 1. The lowest BCUT2D eigenvalue weighted by molar-refractivity contribution is -0.117. The highest BCUT2D eigenvalue weighted by Gasteiger charge is 1.95. The minimum atomic E-state index is -0.325. The van der Waals surface area contributed by atoms with E-state index in [1.54, 1.807) is 17.0 Å². The van der Waals surface area contributed by atoms with Crippen LogP contribution in [0.1, 0.15) is 12.0 Å². The second kappa shape index (κ2) is 5.12. The predicted octanol–water partition coefficient (Wildman–Crippen LogP) is 1.76. The highest BCUT2D eigenvalue weighted by molar-refractivity contribution is 5.76. The lowest BCUT2D eigenvalue weighted by atomic mass is 10.2. The highest BCUT2D eigenvalue weighted by atomic mass is 16.1. The Labute approximate surface area is 99.4 Å². The number of aromatic nitrogens is 2. The summed E-state index contributed by atoms with van der Waals surface area (Å²) < 4.78 is 1.79. The van der Waals surface area contributed by atoms with E-state index in [1.165, 1.54) is 0 Å². The molecule has 0 aliphatic carbocycles.